The molecule has 17 heavy (non-hydrogen) atoms. The number of carbonyl (C=O) groups is 1. The summed E-state index contributed by atoms with van der Waals surface area (Å²) < 4.78 is 1.02. The number of carbonyl (C=O) groups excluding carboxylic acids is 1. The molecule has 0 aliphatic rings. The molecule has 0 aromatic heterocycles. The van der Waals surface area contributed by atoms with E-state index in [4.69, 9.17) is 5.73 Å². The molecular formula is C12H18IN3O. The molecule has 1 aromatic carbocycles. The molecule has 0 spiro atoms. The number of rotatable bonds is 4. The largest absolute Gasteiger partial charge is 0.399 e. The van der Waals surface area contributed by atoms with E-state index in [1.165, 1.54) is 0 Å². The van der Waals surface area contributed by atoms with Crippen molar-refractivity contribution < 1.29 is 4.79 Å². The molecular weight excluding hydrogens is 329 g/mol. The van der Waals surface area contributed by atoms with E-state index in [-0.39, 0.29) is 11.9 Å². The van der Waals surface area contributed by atoms with Gasteiger partial charge in [-0.15, -0.1) is 0 Å². The number of nitrogens with two attached hydrogens (primary N) is 1. The van der Waals surface area contributed by atoms with Crippen LogP contribution in [0.15, 0.2) is 18.2 Å². The zero-order valence-corrected chi connectivity index (χ0v) is 12.5. The van der Waals surface area contributed by atoms with Gasteiger partial charge < -0.3 is 16.0 Å². The highest BCUT2D eigenvalue weighted by Gasteiger charge is 2.16. The molecule has 1 amide bonds. The standard InChI is InChI=1S/C12H18IN3O/c1-4-16(3)12(17)8(2)15-11-6-5-9(14)7-10(11)13/h5-8,15H,4,14H2,1-3H3. The predicted octanol–water partition coefficient (Wildman–Crippen LogP) is 2.15. The summed E-state index contributed by atoms with van der Waals surface area (Å²) in [7, 11) is 1.80. The maximum atomic E-state index is 11.9. The zero-order valence-electron chi connectivity index (χ0n) is 10.3. The number of amides is 1. The first-order valence-electron chi connectivity index (χ1n) is 5.52. The summed E-state index contributed by atoms with van der Waals surface area (Å²) in [4.78, 5) is 13.6. The second kappa shape index (κ2) is 6.09. The second-order valence-electron chi connectivity index (χ2n) is 3.96. The Morgan fingerprint density at radius 3 is 2.76 bits per heavy atom. The first kappa shape index (κ1) is 14.1. The fourth-order valence-electron chi connectivity index (χ4n) is 1.43. The quantitative estimate of drug-likeness (QED) is 0.648. The monoisotopic (exact) mass is 347 g/mol. The lowest BCUT2D eigenvalue weighted by atomic mass is 10.2. The summed E-state index contributed by atoms with van der Waals surface area (Å²) in [6.45, 7) is 4.53. The molecule has 0 bridgehead atoms. The molecule has 1 unspecified atom stereocenters. The van der Waals surface area contributed by atoms with E-state index in [1.54, 1.807) is 11.9 Å². The van der Waals surface area contributed by atoms with Crippen LogP contribution in [0.3, 0.4) is 0 Å². The summed E-state index contributed by atoms with van der Waals surface area (Å²) in [6, 6.07) is 5.36. The van der Waals surface area contributed by atoms with Gasteiger partial charge in [0, 0.05) is 28.5 Å². The van der Waals surface area contributed by atoms with Gasteiger partial charge in [0.05, 0.1) is 0 Å². The van der Waals surface area contributed by atoms with Gasteiger partial charge in [0.1, 0.15) is 6.04 Å². The van der Waals surface area contributed by atoms with Gasteiger partial charge in [-0.2, -0.15) is 0 Å². The van der Waals surface area contributed by atoms with Crippen LogP contribution >= 0.6 is 22.6 Å². The van der Waals surface area contributed by atoms with E-state index in [0.29, 0.717) is 6.54 Å². The number of likely N-dealkylation sites (N-methyl/N-ethyl adjacent to an activating group) is 1. The van der Waals surface area contributed by atoms with Crippen LogP contribution in [-0.2, 0) is 4.79 Å². The highest BCUT2D eigenvalue weighted by atomic mass is 127. The first-order chi connectivity index (χ1) is 7.95. The molecule has 0 saturated heterocycles. The zero-order chi connectivity index (χ0) is 13.0. The lowest BCUT2D eigenvalue weighted by Crippen LogP contribution is -2.38. The number of nitrogens with zero attached hydrogens (tertiary/aromatic N) is 1. The van der Waals surface area contributed by atoms with Crippen LogP contribution in [0, 0.1) is 3.57 Å². The fourth-order valence-corrected chi connectivity index (χ4v) is 2.12. The highest BCUT2D eigenvalue weighted by molar-refractivity contribution is 14.1. The summed E-state index contributed by atoms with van der Waals surface area (Å²) in [5.41, 5.74) is 7.34. The molecule has 4 nitrogen and oxygen atoms in total. The van der Waals surface area contributed by atoms with Crippen molar-refractivity contribution in [3.63, 3.8) is 0 Å². The number of halogens is 1. The Morgan fingerprint density at radius 2 is 2.24 bits per heavy atom. The van der Waals surface area contributed by atoms with Crippen LogP contribution in [0.4, 0.5) is 11.4 Å². The Bertz CT molecular complexity index is 409. The third-order valence-corrected chi connectivity index (χ3v) is 3.48. The molecule has 1 rings (SSSR count). The van der Waals surface area contributed by atoms with Crippen molar-refractivity contribution >= 4 is 39.9 Å². The van der Waals surface area contributed by atoms with Gasteiger partial charge >= 0.3 is 0 Å². The van der Waals surface area contributed by atoms with Crippen molar-refractivity contribution in [1.29, 1.82) is 0 Å². The molecule has 94 valence electrons. The number of nitrogen functional groups attached to an aromatic ring is 1. The minimum Gasteiger partial charge on any atom is -0.399 e. The van der Waals surface area contributed by atoms with E-state index < -0.39 is 0 Å². The Kier molecular flexibility index (Phi) is 5.04. The average molecular weight is 347 g/mol. The summed E-state index contributed by atoms with van der Waals surface area (Å²) >= 11 is 2.20. The van der Waals surface area contributed by atoms with Crippen molar-refractivity contribution in [3.8, 4) is 0 Å². The maximum absolute atomic E-state index is 11.9. The van der Waals surface area contributed by atoms with Crippen LogP contribution in [0.1, 0.15) is 13.8 Å². The Labute approximate surface area is 116 Å². The van der Waals surface area contributed by atoms with Crippen LogP contribution in [-0.4, -0.2) is 30.4 Å². The van der Waals surface area contributed by atoms with Gasteiger partial charge in [0.2, 0.25) is 5.91 Å². The molecule has 0 heterocycles. The topological polar surface area (TPSA) is 58.4 Å². The SMILES string of the molecule is CCN(C)C(=O)C(C)Nc1ccc(N)cc1I. The van der Waals surface area contributed by atoms with E-state index in [0.717, 1.165) is 14.9 Å². The number of hydrogen-bond acceptors (Lipinski definition) is 3. The number of nitrogens with one attached hydrogen (secondary N) is 1. The Balaban J connectivity index is 2.74. The van der Waals surface area contributed by atoms with Gasteiger partial charge in [-0.3, -0.25) is 4.79 Å². The first-order valence-corrected chi connectivity index (χ1v) is 6.60. The molecule has 5 heteroatoms. The lowest BCUT2D eigenvalue weighted by Gasteiger charge is -2.22. The lowest BCUT2D eigenvalue weighted by molar-refractivity contribution is -0.130. The average Bonchev–Trinajstić information content (AvgIpc) is 2.30. The Morgan fingerprint density at radius 1 is 1.59 bits per heavy atom. The van der Waals surface area contributed by atoms with Gasteiger partial charge in [0.25, 0.3) is 0 Å². The molecule has 0 aliphatic carbocycles. The number of anilines is 2. The van der Waals surface area contributed by atoms with E-state index in [2.05, 4.69) is 27.9 Å². The minimum atomic E-state index is -0.239. The molecule has 1 atom stereocenters. The van der Waals surface area contributed by atoms with Crippen molar-refractivity contribution in [1.82, 2.24) is 4.90 Å². The van der Waals surface area contributed by atoms with Crippen LogP contribution in [0.25, 0.3) is 0 Å². The smallest absolute Gasteiger partial charge is 0.244 e. The van der Waals surface area contributed by atoms with Gasteiger partial charge in [0.15, 0.2) is 0 Å². The highest BCUT2D eigenvalue weighted by Crippen LogP contribution is 2.21. The number of benzene rings is 1. The summed E-state index contributed by atoms with van der Waals surface area (Å²) in [6.07, 6.45) is 0. The molecule has 0 fully saturated rings. The van der Waals surface area contributed by atoms with Crippen molar-refractivity contribution in [2.45, 2.75) is 19.9 Å². The minimum absolute atomic E-state index is 0.0834. The molecule has 1 aromatic rings. The third kappa shape index (κ3) is 3.76. The molecule has 0 aliphatic heterocycles. The predicted molar refractivity (Wildman–Crippen MR) is 80.0 cm³/mol. The fraction of sp³-hybridized carbons (Fsp3) is 0.417. The summed E-state index contributed by atoms with van der Waals surface area (Å²) in [5.74, 6) is 0.0834. The summed E-state index contributed by atoms with van der Waals surface area (Å²) in [5, 5.41) is 3.20. The maximum Gasteiger partial charge on any atom is 0.244 e. The van der Waals surface area contributed by atoms with Gasteiger partial charge in [-0.1, -0.05) is 0 Å². The van der Waals surface area contributed by atoms with Crippen LogP contribution in [0.5, 0.6) is 0 Å². The van der Waals surface area contributed by atoms with Crippen molar-refractivity contribution in [2.24, 2.45) is 0 Å². The van der Waals surface area contributed by atoms with Gasteiger partial charge in [-0.25, -0.2) is 0 Å². The molecule has 3 N–H and O–H groups in total. The van der Waals surface area contributed by atoms with Gasteiger partial charge in [-0.05, 0) is 54.6 Å². The molecule has 0 saturated carbocycles. The van der Waals surface area contributed by atoms with E-state index >= 15 is 0 Å². The van der Waals surface area contributed by atoms with Crippen molar-refractivity contribution in [3.05, 3.63) is 21.8 Å². The number of hydrogen-bond donors (Lipinski definition) is 2. The second-order valence-corrected chi connectivity index (χ2v) is 5.12. The van der Waals surface area contributed by atoms with Crippen LogP contribution in [0.2, 0.25) is 0 Å². The van der Waals surface area contributed by atoms with E-state index in [1.807, 2.05) is 32.0 Å². The Hall–Kier alpha value is -0.980. The van der Waals surface area contributed by atoms with Crippen molar-refractivity contribution in [2.75, 3.05) is 24.6 Å². The van der Waals surface area contributed by atoms with Crippen LogP contribution < -0.4 is 11.1 Å². The third-order valence-electron chi connectivity index (χ3n) is 2.59. The molecule has 0 radical (unpaired) electrons. The normalized spacial score (nSPS) is 12.0. The van der Waals surface area contributed by atoms with E-state index in [9.17, 15) is 4.79 Å².